The Morgan fingerprint density at radius 3 is 2.71 bits per heavy atom. The molecule has 0 aliphatic carbocycles. The van der Waals surface area contributed by atoms with Gasteiger partial charge in [-0.3, -0.25) is 9.59 Å². The molecule has 2 rings (SSSR count). The number of aromatic nitrogens is 1. The van der Waals surface area contributed by atoms with Crippen LogP contribution in [0.2, 0.25) is 0 Å². The summed E-state index contributed by atoms with van der Waals surface area (Å²) in [6, 6.07) is 7.58. The molecule has 112 valence electrons. The van der Waals surface area contributed by atoms with Crippen LogP contribution in [0.1, 0.15) is 31.1 Å². The molecule has 5 nitrogen and oxygen atoms in total. The van der Waals surface area contributed by atoms with E-state index in [-0.39, 0.29) is 24.4 Å². The highest BCUT2D eigenvalue weighted by atomic mass is 16.2. The number of rotatable bonds is 5. The van der Waals surface area contributed by atoms with Crippen LogP contribution in [-0.2, 0) is 4.79 Å². The lowest BCUT2D eigenvalue weighted by Gasteiger charge is -2.21. The molecule has 0 saturated heterocycles. The molecule has 1 aromatic carbocycles. The summed E-state index contributed by atoms with van der Waals surface area (Å²) < 4.78 is 0. The first-order valence-electron chi connectivity index (χ1n) is 7.17. The molecule has 0 spiro atoms. The second-order valence-corrected chi connectivity index (χ2v) is 5.29. The number of aromatic amines is 1. The van der Waals surface area contributed by atoms with Crippen LogP contribution < -0.4 is 5.32 Å². The Hall–Kier alpha value is -2.30. The monoisotopic (exact) mass is 287 g/mol. The van der Waals surface area contributed by atoms with Crippen LogP contribution >= 0.6 is 0 Å². The van der Waals surface area contributed by atoms with Crippen molar-refractivity contribution < 1.29 is 9.59 Å². The Bertz CT molecular complexity index is 646. The van der Waals surface area contributed by atoms with Gasteiger partial charge in [-0.05, 0) is 32.9 Å². The number of likely N-dealkylation sites (N-methyl/N-ethyl adjacent to an activating group) is 1. The first-order valence-corrected chi connectivity index (χ1v) is 7.17. The van der Waals surface area contributed by atoms with Crippen LogP contribution in [-0.4, -0.2) is 40.8 Å². The lowest BCUT2D eigenvalue weighted by Crippen LogP contribution is -2.42. The van der Waals surface area contributed by atoms with Crippen molar-refractivity contribution in [1.82, 2.24) is 15.2 Å². The van der Waals surface area contributed by atoms with Gasteiger partial charge >= 0.3 is 0 Å². The highest BCUT2D eigenvalue weighted by Gasteiger charge is 2.19. The average molecular weight is 287 g/mol. The molecule has 2 amide bonds. The Kier molecular flexibility index (Phi) is 4.62. The first kappa shape index (κ1) is 15.1. The second-order valence-electron chi connectivity index (χ2n) is 5.29. The van der Waals surface area contributed by atoms with Gasteiger partial charge in [0.1, 0.15) is 0 Å². The number of fused-ring (bicyclic) bond motifs is 1. The number of H-pyrrole nitrogens is 1. The second kappa shape index (κ2) is 6.43. The van der Waals surface area contributed by atoms with Gasteiger partial charge in [-0.15, -0.1) is 0 Å². The zero-order chi connectivity index (χ0) is 15.4. The van der Waals surface area contributed by atoms with Crippen molar-refractivity contribution in [2.24, 2.45) is 0 Å². The molecule has 0 bridgehead atoms. The Labute approximate surface area is 124 Å². The normalized spacial score (nSPS) is 10.9. The topological polar surface area (TPSA) is 65.2 Å². The standard InChI is InChI=1S/C16H21N3O2/c1-4-19(10-14(20)18-11(2)3)16(21)13-7-5-6-12-8-9-17-15(12)13/h5-9,11,17H,4,10H2,1-3H3,(H,18,20). The van der Waals surface area contributed by atoms with E-state index in [2.05, 4.69) is 10.3 Å². The summed E-state index contributed by atoms with van der Waals surface area (Å²) in [6.45, 7) is 6.23. The van der Waals surface area contributed by atoms with Gasteiger partial charge in [-0.25, -0.2) is 0 Å². The summed E-state index contributed by atoms with van der Waals surface area (Å²) in [7, 11) is 0. The number of nitrogens with zero attached hydrogens (tertiary/aromatic N) is 1. The maximum absolute atomic E-state index is 12.6. The summed E-state index contributed by atoms with van der Waals surface area (Å²) in [6.07, 6.45) is 1.81. The molecule has 0 radical (unpaired) electrons. The third-order valence-electron chi connectivity index (χ3n) is 3.27. The van der Waals surface area contributed by atoms with Crippen molar-refractivity contribution in [3.63, 3.8) is 0 Å². The predicted octanol–water partition coefficient (Wildman–Crippen LogP) is 2.15. The zero-order valence-corrected chi connectivity index (χ0v) is 12.6. The number of carbonyl (C=O) groups excluding carboxylic acids is 2. The number of hydrogen-bond acceptors (Lipinski definition) is 2. The van der Waals surface area contributed by atoms with Gasteiger partial charge in [0, 0.05) is 24.2 Å². The van der Waals surface area contributed by atoms with E-state index in [0.29, 0.717) is 12.1 Å². The average Bonchev–Trinajstić information content (AvgIpc) is 2.91. The van der Waals surface area contributed by atoms with Crippen LogP contribution in [0, 0.1) is 0 Å². The minimum atomic E-state index is -0.140. The Morgan fingerprint density at radius 2 is 2.05 bits per heavy atom. The van der Waals surface area contributed by atoms with Crippen LogP contribution in [0.3, 0.4) is 0 Å². The van der Waals surface area contributed by atoms with E-state index < -0.39 is 0 Å². The lowest BCUT2D eigenvalue weighted by molar-refractivity contribution is -0.122. The largest absolute Gasteiger partial charge is 0.361 e. The van der Waals surface area contributed by atoms with Crippen LogP contribution in [0.5, 0.6) is 0 Å². The van der Waals surface area contributed by atoms with Gasteiger partial charge in [0.15, 0.2) is 0 Å². The highest BCUT2D eigenvalue weighted by Crippen LogP contribution is 2.18. The van der Waals surface area contributed by atoms with E-state index in [1.165, 1.54) is 0 Å². The molecule has 0 atom stereocenters. The van der Waals surface area contributed by atoms with Crippen molar-refractivity contribution in [2.75, 3.05) is 13.1 Å². The zero-order valence-electron chi connectivity index (χ0n) is 12.6. The van der Waals surface area contributed by atoms with Crippen molar-refractivity contribution in [3.05, 3.63) is 36.0 Å². The van der Waals surface area contributed by atoms with E-state index in [4.69, 9.17) is 0 Å². The maximum atomic E-state index is 12.6. The van der Waals surface area contributed by atoms with Crippen molar-refractivity contribution in [1.29, 1.82) is 0 Å². The number of amides is 2. The van der Waals surface area contributed by atoms with Gasteiger partial charge in [-0.1, -0.05) is 12.1 Å². The number of benzene rings is 1. The third-order valence-corrected chi connectivity index (χ3v) is 3.27. The molecule has 0 unspecified atom stereocenters. The SMILES string of the molecule is CCN(CC(=O)NC(C)C)C(=O)c1cccc2cc[nH]c12. The summed E-state index contributed by atoms with van der Waals surface area (Å²) in [5.41, 5.74) is 1.40. The molecule has 5 heteroatoms. The summed E-state index contributed by atoms with van der Waals surface area (Å²) in [5, 5.41) is 3.79. The molecule has 0 fully saturated rings. The van der Waals surface area contributed by atoms with Crippen molar-refractivity contribution in [3.8, 4) is 0 Å². The van der Waals surface area contributed by atoms with Crippen molar-refractivity contribution in [2.45, 2.75) is 26.8 Å². The van der Waals surface area contributed by atoms with Crippen LogP contribution in [0.25, 0.3) is 10.9 Å². The number of nitrogens with one attached hydrogen (secondary N) is 2. The quantitative estimate of drug-likeness (QED) is 0.885. The van der Waals surface area contributed by atoms with Gasteiger partial charge in [-0.2, -0.15) is 0 Å². The summed E-state index contributed by atoms with van der Waals surface area (Å²) in [5.74, 6) is -0.275. The summed E-state index contributed by atoms with van der Waals surface area (Å²) >= 11 is 0. The molecule has 21 heavy (non-hydrogen) atoms. The fraction of sp³-hybridized carbons (Fsp3) is 0.375. The van der Waals surface area contributed by atoms with Crippen LogP contribution in [0.15, 0.2) is 30.5 Å². The number of hydrogen-bond donors (Lipinski definition) is 2. The smallest absolute Gasteiger partial charge is 0.256 e. The molecule has 2 N–H and O–H groups in total. The molecule has 2 aromatic rings. The fourth-order valence-electron chi connectivity index (χ4n) is 2.30. The minimum Gasteiger partial charge on any atom is -0.361 e. The van der Waals surface area contributed by atoms with Gasteiger partial charge in [0.05, 0.1) is 17.6 Å². The third kappa shape index (κ3) is 3.42. The van der Waals surface area contributed by atoms with Crippen molar-refractivity contribution >= 4 is 22.7 Å². The first-order chi connectivity index (χ1) is 10.0. The Morgan fingerprint density at radius 1 is 1.29 bits per heavy atom. The maximum Gasteiger partial charge on any atom is 0.256 e. The summed E-state index contributed by atoms with van der Waals surface area (Å²) in [4.78, 5) is 29.1. The van der Waals surface area contributed by atoms with E-state index >= 15 is 0 Å². The molecule has 0 aliphatic rings. The van der Waals surface area contributed by atoms with Gasteiger partial charge in [0.2, 0.25) is 5.91 Å². The molecule has 0 saturated carbocycles. The van der Waals surface area contributed by atoms with Crippen LogP contribution in [0.4, 0.5) is 0 Å². The molecule has 1 heterocycles. The minimum absolute atomic E-state index is 0.0677. The highest BCUT2D eigenvalue weighted by molar-refractivity contribution is 6.06. The van der Waals surface area contributed by atoms with E-state index in [1.54, 1.807) is 11.0 Å². The number of carbonyl (C=O) groups is 2. The fourth-order valence-corrected chi connectivity index (χ4v) is 2.30. The lowest BCUT2D eigenvalue weighted by atomic mass is 10.1. The van der Waals surface area contributed by atoms with E-state index in [1.807, 2.05) is 45.2 Å². The predicted molar refractivity (Wildman–Crippen MR) is 83.2 cm³/mol. The van der Waals surface area contributed by atoms with E-state index in [9.17, 15) is 9.59 Å². The Balaban J connectivity index is 2.20. The molecular weight excluding hydrogens is 266 g/mol. The molecule has 0 aliphatic heterocycles. The molecular formula is C16H21N3O2. The van der Waals surface area contributed by atoms with Gasteiger partial charge in [0.25, 0.3) is 5.91 Å². The molecule has 1 aromatic heterocycles. The van der Waals surface area contributed by atoms with Gasteiger partial charge < -0.3 is 15.2 Å². The van der Waals surface area contributed by atoms with E-state index in [0.717, 1.165) is 10.9 Å². The number of para-hydroxylation sites is 1.